The van der Waals surface area contributed by atoms with Crippen LogP contribution in [0, 0.1) is 0 Å². The normalized spacial score (nSPS) is 10.5. The van der Waals surface area contributed by atoms with Crippen molar-refractivity contribution < 1.29 is 14.3 Å². The standard InChI is InChI=1S/C17H13Cl2N3O3/c1-24-14-5-2-11(3-6-14)17(23)25-10-12-9-22(21-20-12)13-4-7-15(18)16(19)8-13/h2-9H,10H2,1H3. The Hall–Kier alpha value is -2.57. The zero-order chi connectivity index (χ0) is 17.8. The number of carbonyl (C=O) groups excluding carboxylic acids is 1. The second-order valence-electron chi connectivity index (χ2n) is 5.06. The first-order chi connectivity index (χ1) is 12.1. The maximum absolute atomic E-state index is 12.0. The third-order valence-electron chi connectivity index (χ3n) is 3.39. The summed E-state index contributed by atoms with van der Waals surface area (Å²) in [5, 5.41) is 8.84. The first-order valence-corrected chi connectivity index (χ1v) is 8.00. The number of benzene rings is 2. The molecule has 0 aliphatic rings. The van der Waals surface area contributed by atoms with Crippen molar-refractivity contribution in [1.29, 1.82) is 0 Å². The summed E-state index contributed by atoms with van der Waals surface area (Å²) in [4.78, 5) is 12.0. The Bertz CT molecular complexity index is 894. The Morgan fingerprint density at radius 3 is 2.56 bits per heavy atom. The van der Waals surface area contributed by atoms with Gasteiger partial charge in [-0.05, 0) is 42.5 Å². The van der Waals surface area contributed by atoms with E-state index in [0.717, 1.165) is 0 Å². The fourth-order valence-corrected chi connectivity index (χ4v) is 2.36. The van der Waals surface area contributed by atoms with Crippen molar-refractivity contribution in [3.05, 3.63) is 70.0 Å². The largest absolute Gasteiger partial charge is 0.497 e. The molecule has 3 aromatic rings. The summed E-state index contributed by atoms with van der Waals surface area (Å²) in [5.74, 6) is 0.216. The number of nitrogens with zero attached hydrogens (tertiary/aromatic N) is 3. The van der Waals surface area contributed by atoms with E-state index in [0.29, 0.717) is 32.7 Å². The molecule has 0 saturated carbocycles. The Balaban J connectivity index is 1.64. The van der Waals surface area contributed by atoms with Crippen molar-refractivity contribution >= 4 is 29.2 Å². The zero-order valence-corrected chi connectivity index (χ0v) is 14.7. The highest BCUT2D eigenvalue weighted by Crippen LogP contribution is 2.24. The molecule has 1 aromatic heterocycles. The smallest absolute Gasteiger partial charge is 0.338 e. The highest BCUT2D eigenvalue weighted by molar-refractivity contribution is 6.42. The van der Waals surface area contributed by atoms with E-state index in [1.165, 1.54) is 4.68 Å². The molecule has 0 fully saturated rings. The summed E-state index contributed by atoms with van der Waals surface area (Å²) in [5.41, 5.74) is 1.64. The number of carbonyl (C=O) groups is 1. The minimum absolute atomic E-state index is 0.00614. The molecule has 0 unspecified atom stereocenters. The lowest BCUT2D eigenvalue weighted by molar-refractivity contribution is 0.0467. The molecule has 128 valence electrons. The van der Waals surface area contributed by atoms with Crippen molar-refractivity contribution in [2.24, 2.45) is 0 Å². The zero-order valence-electron chi connectivity index (χ0n) is 13.1. The van der Waals surface area contributed by atoms with Crippen LogP contribution in [0.5, 0.6) is 5.75 Å². The quantitative estimate of drug-likeness (QED) is 0.630. The van der Waals surface area contributed by atoms with Crippen molar-refractivity contribution in [3.63, 3.8) is 0 Å². The third-order valence-corrected chi connectivity index (χ3v) is 4.12. The van der Waals surface area contributed by atoms with Gasteiger partial charge in [0, 0.05) is 0 Å². The molecule has 0 spiro atoms. The SMILES string of the molecule is COc1ccc(C(=O)OCc2cn(-c3ccc(Cl)c(Cl)c3)nn2)cc1. The number of ether oxygens (including phenoxy) is 2. The maximum atomic E-state index is 12.0. The van der Waals surface area contributed by atoms with Crippen molar-refractivity contribution in [3.8, 4) is 11.4 Å². The van der Waals surface area contributed by atoms with Crippen LogP contribution in [-0.4, -0.2) is 28.1 Å². The first-order valence-electron chi connectivity index (χ1n) is 7.24. The fraction of sp³-hybridized carbons (Fsp3) is 0.118. The van der Waals surface area contributed by atoms with Crippen molar-refractivity contribution in [1.82, 2.24) is 15.0 Å². The average Bonchev–Trinajstić information content (AvgIpc) is 3.11. The molecule has 0 aliphatic carbocycles. The molecule has 3 rings (SSSR count). The minimum atomic E-state index is -0.452. The van der Waals surface area contributed by atoms with Gasteiger partial charge in [0.2, 0.25) is 0 Å². The summed E-state index contributed by atoms with van der Waals surface area (Å²) < 4.78 is 11.8. The van der Waals surface area contributed by atoms with Gasteiger partial charge in [-0.15, -0.1) is 5.10 Å². The van der Waals surface area contributed by atoms with Gasteiger partial charge in [0.25, 0.3) is 0 Å². The summed E-state index contributed by atoms with van der Waals surface area (Å²) >= 11 is 11.9. The van der Waals surface area contributed by atoms with Crippen LogP contribution in [0.4, 0.5) is 0 Å². The molecule has 2 aromatic carbocycles. The van der Waals surface area contributed by atoms with Crippen LogP contribution in [0.1, 0.15) is 16.1 Å². The van der Waals surface area contributed by atoms with Crippen LogP contribution in [0.3, 0.4) is 0 Å². The van der Waals surface area contributed by atoms with Gasteiger partial charge in [0.15, 0.2) is 0 Å². The van der Waals surface area contributed by atoms with E-state index in [1.807, 2.05) is 0 Å². The Morgan fingerprint density at radius 2 is 1.88 bits per heavy atom. The van der Waals surface area contributed by atoms with Gasteiger partial charge in [0.1, 0.15) is 18.1 Å². The van der Waals surface area contributed by atoms with E-state index in [2.05, 4.69) is 10.3 Å². The van der Waals surface area contributed by atoms with Gasteiger partial charge in [-0.1, -0.05) is 28.4 Å². The predicted octanol–water partition coefficient (Wildman–Crippen LogP) is 3.94. The van der Waals surface area contributed by atoms with Gasteiger partial charge in [-0.2, -0.15) is 0 Å². The van der Waals surface area contributed by atoms with Crippen molar-refractivity contribution in [2.45, 2.75) is 6.61 Å². The van der Waals surface area contributed by atoms with E-state index in [-0.39, 0.29) is 6.61 Å². The number of esters is 1. The Kier molecular flexibility index (Phi) is 5.21. The third kappa shape index (κ3) is 4.10. The highest BCUT2D eigenvalue weighted by atomic mass is 35.5. The van der Waals surface area contributed by atoms with E-state index >= 15 is 0 Å². The summed E-state index contributed by atoms with van der Waals surface area (Å²) in [6.45, 7) is 0.00614. The molecule has 0 saturated heterocycles. The monoisotopic (exact) mass is 377 g/mol. The molecular formula is C17H13Cl2N3O3. The van der Waals surface area contributed by atoms with Crippen LogP contribution in [0.15, 0.2) is 48.7 Å². The van der Waals surface area contributed by atoms with Crippen LogP contribution in [0.2, 0.25) is 10.0 Å². The summed E-state index contributed by atoms with van der Waals surface area (Å²) in [6, 6.07) is 11.8. The molecular weight excluding hydrogens is 365 g/mol. The summed E-state index contributed by atoms with van der Waals surface area (Å²) in [6.07, 6.45) is 1.65. The van der Waals surface area contributed by atoms with Gasteiger partial charge >= 0.3 is 5.97 Å². The molecule has 6 nitrogen and oxygen atoms in total. The average molecular weight is 378 g/mol. The van der Waals surface area contributed by atoms with Crippen LogP contribution >= 0.6 is 23.2 Å². The summed E-state index contributed by atoms with van der Waals surface area (Å²) in [7, 11) is 1.56. The van der Waals surface area contributed by atoms with E-state index in [9.17, 15) is 4.79 Å². The topological polar surface area (TPSA) is 66.2 Å². The molecule has 0 atom stereocenters. The molecule has 0 aliphatic heterocycles. The Labute approximate surface area is 153 Å². The fourth-order valence-electron chi connectivity index (χ4n) is 2.07. The lowest BCUT2D eigenvalue weighted by atomic mass is 10.2. The van der Waals surface area contributed by atoms with Crippen LogP contribution in [-0.2, 0) is 11.3 Å². The first kappa shape index (κ1) is 17.3. The second kappa shape index (κ2) is 7.55. The van der Waals surface area contributed by atoms with Gasteiger partial charge in [-0.3, -0.25) is 0 Å². The molecule has 0 N–H and O–H groups in total. The molecule has 0 radical (unpaired) electrons. The number of aromatic nitrogens is 3. The van der Waals surface area contributed by atoms with E-state index < -0.39 is 5.97 Å². The second-order valence-corrected chi connectivity index (χ2v) is 5.87. The number of hydrogen-bond donors (Lipinski definition) is 0. The molecule has 25 heavy (non-hydrogen) atoms. The molecule has 8 heteroatoms. The Morgan fingerprint density at radius 1 is 1.12 bits per heavy atom. The minimum Gasteiger partial charge on any atom is -0.497 e. The van der Waals surface area contributed by atoms with Gasteiger partial charge in [0.05, 0.1) is 34.6 Å². The highest BCUT2D eigenvalue weighted by Gasteiger charge is 2.10. The number of methoxy groups -OCH3 is 1. The van der Waals surface area contributed by atoms with Crippen LogP contribution in [0.25, 0.3) is 5.69 Å². The lowest BCUT2D eigenvalue weighted by Crippen LogP contribution is -2.05. The predicted molar refractivity (Wildman–Crippen MR) is 93.5 cm³/mol. The van der Waals surface area contributed by atoms with E-state index in [4.69, 9.17) is 32.7 Å². The lowest BCUT2D eigenvalue weighted by Gasteiger charge is -2.04. The van der Waals surface area contributed by atoms with Gasteiger partial charge in [-0.25, -0.2) is 9.48 Å². The van der Waals surface area contributed by atoms with Gasteiger partial charge < -0.3 is 9.47 Å². The van der Waals surface area contributed by atoms with Crippen molar-refractivity contribution in [2.75, 3.05) is 7.11 Å². The molecule has 1 heterocycles. The van der Waals surface area contributed by atoms with Crippen LogP contribution < -0.4 is 4.74 Å². The number of rotatable bonds is 5. The molecule has 0 amide bonds. The number of halogens is 2. The van der Waals surface area contributed by atoms with E-state index in [1.54, 1.807) is 55.8 Å². The maximum Gasteiger partial charge on any atom is 0.338 e. The molecule has 0 bridgehead atoms. The number of hydrogen-bond acceptors (Lipinski definition) is 5.